The highest BCUT2D eigenvalue weighted by Crippen LogP contribution is 2.26. The summed E-state index contributed by atoms with van der Waals surface area (Å²) in [6, 6.07) is 3.33. The molecule has 0 aromatic carbocycles. The van der Waals surface area contributed by atoms with Crippen LogP contribution in [-0.4, -0.2) is 36.3 Å². The third-order valence-electron chi connectivity index (χ3n) is 2.69. The van der Waals surface area contributed by atoms with E-state index in [1.54, 1.807) is 12.3 Å². The van der Waals surface area contributed by atoms with Crippen molar-refractivity contribution in [3.8, 4) is 11.5 Å². The molecule has 0 amide bonds. The Labute approximate surface area is 117 Å². The van der Waals surface area contributed by atoms with Crippen molar-refractivity contribution in [1.82, 2.24) is 25.2 Å². The summed E-state index contributed by atoms with van der Waals surface area (Å²) < 4.78 is 2.28. The van der Waals surface area contributed by atoms with Crippen LogP contribution < -0.4 is 0 Å². The van der Waals surface area contributed by atoms with Crippen LogP contribution in [-0.2, 0) is 4.79 Å². The van der Waals surface area contributed by atoms with Gasteiger partial charge in [-0.2, -0.15) is 0 Å². The van der Waals surface area contributed by atoms with Gasteiger partial charge < -0.3 is 5.11 Å². The molecule has 2 heterocycles. The lowest BCUT2D eigenvalue weighted by atomic mass is 10.1. The van der Waals surface area contributed by atoms with Crippen molar-refractivity contribution in [1.29, 1.82) is 0 Å². The van der Waals surface area contributed by atoms with Crippen LogP contribution >= 0.6 is 15.9 Å². The van der Waals surface area contributed by atoms with Gasteiger partial charge in [-0.05, 0) is 44.9 Å². The second-order valence-electron chi connectivity index (χ2n) is 3.94. The van der Waals surface area contributed by atoms with E-state index in [1.807, 2.05) is 13.0 Å². The lowest BCUT2D eigenvalue weighted by molar-refractivity contribution is -0.138. The summed E-state index contributed by atoms with van der Waals surface area (Å²) in [7, 11) is 0. The molecule has 8 heteroatoms. The maximum Gasteiger partial charge on any atom is 0.305 e. The van der Waals surface area contributed by atoms with Gasteiger partial charge in [0.25, 0.3) is 0 Å². The zero-order valence-corrected chi connectivity index (χ0v) is 11.8. The van der Waals surface area contributed by atoms with E-state index in [0.717, 1.165) is 4.47 Å². The van der Waals surface area contributed by atoms with Crippen LogP contribution in [0.15, 0.2) is 22.8 Å². The Morgan fingerprint density at radius 1 is 1.58 bits per heavy atom. The minimum atomic E-state index is -0.881. The topological polar surface area (TPSA) is 93.8 Å². The van der Waals surface area contributed by atoms with Gasteiger partial charge in [0.15, 0.2) is 0 Å². The fourth-order valence-electron chi connectivity index (χ4n) is 1.75. The lowest BCUT2D eigenvalue weighted by Crippen LogP contribution is -2.16. The highest BCUT2D eigenvalue weighted by Gasteiger charge is 2.21. The van der Waals surface area contributed by atoms with Crippen molar-refractivity contribution in [3.05, 3.63) is 22.8 Å². The maximum atomic E-state index is 10.9. The molecule has 0 aliphatic carbocycles. The van der Waals surface area contributed by atoms with Gasteiger partial charge in [-0.3, -0.25) is 9.78 Å². The Bertz CT molecular complexity index is 586. The molecule has 7 nitrogen and oxygen atoms in total. The monoisotopic (exact) mass is 325 g/mol. The van der Waals surface area contributed by atoms with Crippen molar-refractivity contribution in [2.75, 3.05) is 0 Å². The number of nitrogens with zero attached hydrogens (tertiary/aromatic N) is 5. The Hall–Kier alpha value is -1.83. The predicted molar refractivity (Wildman–Crippen MR) is 70.3 cm³/mol. The average Bonchev–Trinajstić information content (AvgIpc) is 2.85. The molecular weight excluding hydrogens is 314 g/mol. The van der Waals surface area contributed by atoms with Crippen molar-refractivity contribution in [2.45, 2.75) is 25.8 Å². The first-order valence-corrected chi connectivity index (χ1v) is 6.53. The first-order chi connectivity index (χ1) is 9.13. The number of pyridine rings is 1. The molecule has 1 atom stereocenters. The summed E-state index contributed by atoms with van der Waals surface area (Å²) in [5.41, 5.74) is 0.594. The van der Waals surface area contributed by atoms with Crippen LogP contribution in [0.2, 0.25) is 0 Å². The molecule has 0 fully saturated rings. The molecular formula is C11H12BrN5O2. The molecule has 0 bridgehead atoms. The number of halogens is 1. The molecule has 19 heavy (non-hydrogen) atoms. The van der Waals surface area contributed by atoms with Crippen molar-refractivity contribution < 1.29 is 9.90 Å². The average molecular weight is 326 g/mol. The van der Waals surface area contributed by atoms with Crippen LogP contribution in [0, 0.1) is 0 Å². The number of tetrazole rings is 1. The van der Waals surface area contributed by atoms with E-state index in [9.17, 15) is 4.79 Å². The molecule has 2 aromatic heterocycles. The fraction of sp³-hybridized carbons (Fsp3) is 0.364. The normalized spacial score (nSPS) is 12.3. The molecule has 0 saturated carbocycles. The third kappa shape index (κ3) is 2.95. The Morgan fingerprint density at radius 3 is 3.00 bits per heavy atom. The number of aromatic nitrogens is 5. The Kier molecular flexibility index (Phi) is 4.20. The Balaban J connectivity index is 2.42. The van der Waals surface area contributed by atoms with E-state index in [2.05, 4.69) is 36.4 Å². The summed E-state index contributed by atoms with van der Waals surface area (Å²) in [5.74, 6) is -0.422. The summed E-state index contributed by atoms with van der Waals surface area (Å²) >= 11 is 3.39. The summed E-state index contributed by atoms with van der Waals surface area (Å²) in [6.45, 7) is 1.90. The van der Waals surface area contributed by atoms with Gasteiger partial charge in [0.1, 0.15) is 5.69 Å². The van der Waals surface area contributed by atoms with Gasteiger partial charge in [-0.15, -0.1) is 5.10 Å². The number of hydrogen-bond donors (Lipinski definition) is 1. The Morgan fingerprint density at radius 2 is 2.37 bits per heavy atom. The van der Waals surface area contributed by atoms with Crippen molar-refractivity contribution in [3.63, 3.8) is 0 Å². The number of hydrogen-bond acceptors (Lipinski definition) is 5. The molecule has 100 valence electrons. The quantitative estimate of drug-likeness (QED) is 0.902. The van der Waals surface area contributed by atoms with Gasteiger partial charge in [-0.1, -0.05) is 6.92 Å². The first-order valence-electron chi connectivity index (χ1n) is 5.74. The molecule has 1 N–H and O–H groups in total. The molecule has 0 saturated heterocycles. The highest BCUT2D eigenvalue weighted by molar-refractivity contribution is 9.10. The summed E-state index contributed by atoms with van der Waals surface area (Å²) in [5, 5.41) is 20.4. The standard InChI is InChI=1S/C11H12BrN5O2/c1-2-7(6-9(18)19)17-11(14-15-16-17)10-8(12)4-3-5-13-10/h3-5,7H,2,6H2,1H3,(H,18,19). The molecule has 1 unspecified atom stereocenters. The van der Waals surface area contributed by atoms with E-state index in [-0.39, 0.29) is 12.5 Å². The van der Waals surface area contributed by atoms with Crippen LogP contribution in [0.25, 0.3) is 11.5 Å². The second-order valence-corrected chi connectivity index (χ2v) is 4.80. The van der Waals surface area contributed by atoms with Crippen molar-refractivity contribution in [2.24, 2.45) is 0 Å². The van der Waals surface area contributed by atoms with Gasteiger partial charge in [0.2, 0.25) is 5.82 Å². The number of rotatable bonds is 5. The van der Waals surface area contributed by atoms with Crippen LogP contribution in [0.5, 0.6) is 0 Å². The van der Waals surface area contributed by atoms with E-state index in [4.69, 9.17) is 5.11 Å². The largest absolute Gasteiger partial charge is 0.481 e. The maximum absolute atomic E-state index is 10.9. The van der Waals surface area contributed by atoms with Crippen molar-refractivity contribution >= 4 is 21.9 Å². The second kappa shape index (κ2) is 5.87. The lowest BCUT2D eigenvalue weighted by Gasteiger charge is -2.14. The molecule has 2 rings (SSSR count). The van der Waals surface area contributed by atoms with E-state index >= 15 is 0 Å². The SMILES string of the molecule is CCC(CC(=O)O)n1nnnc1-c1ncccc1Br. The predicted octanol–water partition coefficient (Wildman–Crippen LogP) is 1.92. The highest BCUT2D eigenvalue weighted by atomic mass is 79.9. The number of aliphatic carboxylic acids is 1. The fourth-order valence-corrected chi connectivity index (χ4v) is 2.18. The number of carbonyl (C=O) groups is 1. The number of carboxylic acid groups (broad SMARTS) is 1. The minimum absolute atomic E-state index is 0.0288. The summed E-state index contributed by atoms with van der Waals surface area (Å²) in [6.07, 6.45) is 2.23. The van der Waals surface area contributed by atoms with Crippen LogP contribution in [0.1, 0.15) is 25.8 Å². The van der Waals surface area contributed by atoms with Gasteiger partial charge >= 0.3 is 5.97 Å². The molecule has 0 spiro atoms. The molecule has 0 radical (unpaired) electrons. The van der Waals surface area contributed by atoms with Crippen LogP contribution in [0.4, 0.5) is 0 Å². The van der Waals surface area contributed by atoms with Crippen LogP contribution in [0.3, 0.4) is 0 Å². The summed E-state index contributed by atoms with van der Waals surface area (Å²) in [4.78, 5) is 15.1. The zero-order chi connectivity index (χ0) is 13.8. The first kappa shape index (κ1) is 13.6. The van der Waals surface area contributed by atoms with E-state index in [0.29, 0.717) is 17.9 Å². The van der Waals surface area contributed by atoms with Gasteiger partial charge in [0, 0.05) is 10.7 Å². The van der Waals surface area contributed by atoms with E-state index < -0.39 is 5.97 Å². The molecule has 2 aromatic rings. The smallest absolute Gasteiger partial charge is 0.305 e. The molecule has 0 aliphatic rings. The minimum Gasteiger partial charge on any atom is -0.481 e. The molecule has 0 aliphatic heterocycles. The van der Waals surface area contributed by atoms with Gasteiger partial charge in [0.05, 0.1) is 12.5 Å². The zero-order valence-electron chi connectivity index (χ0n) is 10.2. The third-order valence-corrected chi connectivity index (χ3v) is 3.33. The number of carboxylic acids is 1. The van der Waals surface area contributed by atoms with Gasteiger partial charge in [-0.25, -0.2) is 4.68 Å². The van der Waals surface area contributed by atoms with E-state index in [1.165, 1.54) is 4.68 Å².